The quantitative estimate of drug-likeness (QED) is 0.882. The zero-order valence-corrected chi connectivity index (χ0v) is 13.3. The average molecular weight is 317 g/mol. The van der Waals surface area contributed by atoms with Gasteiger partial charge in [0, 0.05) is 17.2 Å². The number of carbonyl (C=O) groups is 1. The molecule has 3 rings (SSSR count). The lowest BCUT2D eigenvalue weighted by Crippen LogP contribution is -2.30. The Morgan fingerprint density at radius 3 is 3.18 bits per heavy atom. The second-order valence-corrected chi connectivity index (χ2v) is 6.35. The van der Waals surface area contributed by atoms with Crippen molar-refractivity contribution >= 4 is 17.7 Å². The molecule has 1 amide bonds. The summed E-state index contributed by atoms with van der Waals surface area (Å²) in [7, 11) is 0. The van der Waals surface area contributed by atoms with E-state index in [0.29, 0.717) is 12.4 Å². The Labute approximate surface area is 133 Å². The Bertz CT molecular complexity index is 657. The van der Waals surface area contributed by atoms with Crippen LogP contribution in [0.15, 0.2) is 29.2 Å². The van der Waals surface area contributed by atoms with Crippen LogP contribution in [0.4, 0.5) is 0 Å². The smallest absolute Gasteiger partial charge is 0.228 e. The number of benzene rings is 1. The molecule has 1 aliphatic heterocycles. The first-order chi connectivity index (χ1) is 10.8. The molecule has 0 bridgehead atoms. The van der Waals surface area contributed by atoms with Crippen molar-refractivity contribution in [1.82, 2.24) is 25.5 Å². The number of amides is 1. The van der Waals surface area contributed by atoms with Crippen LogP contribution in [0.5, 0.6) is 0 Å². The normalized spacial score (nSPS) is 16.5. The minimum absolute atomic E-state index is 0.0440. The zero-order chi connectivity index (χ0) is 15.4. The third-order valence-electron chi connectivity index (χ3n) is 3.77. The number of tetrazole rings is 1. The molecule has 0 saturated carbocycles. The number of nitrogens with one attached hydrogen (secondary N) is 1. The van der Waals surface area contributed by atoms with E-state index in [1.165, 1.54) is 4.90 Å². The summed E-state index contributed by atoms with van der Waals surface area (Å²) < 4.78 is 1.77. The number of hydrogen-bond donors (Lipinski definition) is 1. The topological polar surface area (TPSA) is 72.7 Å². The molecule has 2 aromatic rings. The molecular formula is C15H19N5OS. The van der Waals surface area contributed by atoms with Crippen LogP contribution < -0.4 is 5.32 Å². The van der Waals surface area contributed by atoms with Gasteiger partial charge in [-0.05, 0) is 28.5 Å². The van der Waals surface area contributed by atoms with Crippen LogP contribution in [0, 0.1) is 0 Å². The monoisotopic (exact) mass is 317 g/mol. The van der Waals surface area contributed by atoms with Gasteiger partial charge >= 0.3 is 0 Å². The second-order valence-electron chi connectivity index (χ2n) is 5.29. The fourth-order valence-electron chi connectivity index (χ4n) is 2.50. The number of aryl methyl sites for hydroxylation is 1. The molecule has 1 atom stereocenters. The van der Waals surface area contributed by atoms with Gasteiger partial charge in [0.2, 0.25) is 5.91 Å². The van der Waals surface area contributed by atoms with Crippen molar-refractivity contribution in [2.24, 2.45) is 0 Å². The van der Waals surface area contributed by atoms with Gasteiger partial charge in [0.05, 0.1) is 12.5 Å². The molecule has 1 aliphatic rings. The van der Waals surface area contributed by atoms with Crippen LogP contribution in [0.3, 0.4) is 0 Å². The van der Waals surface area contributed by atoms with Gasteiger partial charge in [0.1, 0.15) is 0 Å². The van der Waals surface area contributed by atoms with E-state index in [1.807, 2.05) is 18.2 Å². The van der Waals surface area contributed by atoms with Gasteiger partial charge in [-0.2, -0.15) is 0 Å². The van der Waals surface area contributed by atoms with Crippen molar-refractivity contribution < 1.29 is 4.79 Å². The van der Waals surface area contributed by atoms with Gasteiger partial charge in [-0.3, -0.25) is 4.79 Å². The van der Waals surface area contributed by atoms with Gasteiger partial charge in [-0.1, -0.05) is 31.5 Å². The van der Waals surface area contributed by atoms with Gasteiger partial charge in [-0.25, -0.2) is 4.68 Å². The third-order valence-corrected chi connectivity index (χ3v) is 4.95. The van der Waals surface area contributed by atoms with Crippen LogP contribution in [-0.4, -0.2) is 31.9 Å². The number of carbonyl (C=O) groups excluding carboxylic acids is 1. The summed E-state index contributed by atoms with van der Waals surface area (Å²) >= 11 is 1.74. The summed E-state index contributed by atoms with van der Waals surface area (Å²) in [6.45, 7) is 3.29. The number of thioether (sulfide) groups is 1. The standard InChI is InChI=1S/C15H19N5OS/c1-2-3-8-20-14(17-18-19-20)9-16-15(21)12-10-22-13-7-5-4-6-11(12)13/h4-7,12H,2-3,8-10H2,1H3,(H,16,21)/t12-/m1/s1. The van der Waals surface area contributed by atoms with E-state index in [4.69, 9.17) is 0 Å². The van der Waals surface area contributed by atoms with E-state index < -0.39 is 0 Å². The highest BCUT2D eigenvalue weighted by atomic mass is 32.2. The molecular weight excluding hydrogens is 298 g/mol. The molecule has 0 aliphatic carbocycles. The number of hydrogen-bond acceptors (Lipinski definition) is 5. The van der Waals surface area contributed by atoms with Crippen molar-refractivity contribution in [3.05, 3.63) is 35.7 Å². The van der Waals surface area contributed by atoms with Crippen LogP contribution in [0.1, 0.15) is 37.1 Å². The second kappa shape index (κ2) is 6.91. The number of nitrogens with zero attached hydrogens (tertiary/aromatic N) is 4. The predicted octanol–water partition coefficient (Wildman–Crippen LogP) is 1.98. The van der Waals surface area contributed by atoms with Crippen LogP contribution in [-0.2, 0) is 17.9 Å². The highest BCUT2D eigenvalue weighted by Gasteiger charge is 2.28. The minimum Gasteiger partial charge on any atom is -0.348 e. The lowest BCUT2D eigenvalue weighted by Gasteiger charge is -2.11. The van der Waals surface area contributed by atoms with Crippen molar-refractivity contribution in [3.63, 3.8) is 0 Å². The lowest BCUT2D eigenvalue weighted by atomic mass is 10.0. The number of rotatable bonds is 6. The van der Waals surface area contributed by atoms with Crippen LogP contribution >= 0.6 is 11.8 Å². The first kappa shape index (κ1) is 15.0. The third kappa shape index (κ3) is 3.14. The largest absolute Gasteiger partial charge is 0.348 e. The maximum atomic E-state index is 12.4. The first-order valence-corrected chi connectivity index (χ1v) is 8.52. The summed E-state index contributed by atoms with van der Waals surface area (Å²) in [6, 6.07) is 8.09. The molecule has 0 spiro atoms. The number of fused-ring (bicyclic) bond motifs is 1. The van der Waals surface area contributed by atoms with Crippen LogP contribution in [0.25, 0.3) is 0 Å². The predicted molar refractivity (Wildman–Crippen MR) is 84.5 cm³/mol. The van der Waals surface area contributed by atoms with E-state index >= 15 is 0 Å². The van der Waals surface area contributed by atoms with E-state index in [0.717, 1.165) is 30.7 Å². The van der Waals surface area contributed by atoms with Crippen molar-refractivity contribution in [2.45, 2.75) is 43.7 Å². The Kier molecular flexibility index (Phi) is 4.72. The molecule has 1 aromatic carbocycles. The SMILES string of the molecule is CCCCn1nnnc1CNC(=O)[C@@H]1CSc2ccccc21. The average Bonchev–Trinajstić information content (AvgIpc) is 3.17. The summed E-state index contributed by atoms with van der Waals surface area (Å²) in [6.07, 6.45) is 2.11. The molecule has 6 nitrogen and oxygen atoms in total. The highest BCUT2D eigenvalue weighted by molar-refractivity contribution is 7.99. The zero-order valence-electron chi connectivity index (χ0n) is 12.5. The van der Waals surface area contributed by atoms with E-state index in [-0.39, 0.29) is 11.8 Å². The van der Waals surface area contributed by atoms with Crippen molar-refractivity contribution in [2.75, 3.05) is 5.75 Å². The molecule has 1 N–H and O–H groups in total. The van der Waals surface area contributed by atoms with Gasteiger partial charge in [-0.15, -0.1) is 16.9 Å². The molecule has 1 aromatic heterocycles. The summed E-state index contributed by atoms with van der Waals surface area (Å²) in [5, 5.41) is 14.6. The van der Waals surface area contributed by atoms with E-state index in [1.54, 1.807) is 16.4 Å². The highest BCUT2D eigenvalue weighted by Crippen LogP contribution is 2.39. The summed E-state index contributed by atoms with van der Waals surface area (Å²) in [5.74, 6) is 1.47. The van der Waals surface area contributed by atoms with E-state index in [2.05, 4.69) is 33.8 Å². The van der Waals surface area contributed by atoms with Crippen molar-refractivity contribution in [1.29, 1.82) is 0 Å². The van der Waals surface area contributed by atoms with Gasteiger partial charge in [0.25, 0.3) is 0 Å². The Morgan fingerprint density at radius 1 is 1.45 bits per heavy atom. The molecule has 0 saturated heterocycles. The minimum atomic E-state index is -0.0822. The maximum absolute atomic E-state index is 12.4. The first-order valence-electron chi connectivity index (χ1n) is 7.54. The molecule has 7 heteroatoms. The molecule has 0 fully saturated rings. The molecule has 0 unspecified atom stereocenters. The fourth-order valence-corrected chi connectivity index (χ4v) is 3.73. The Hall–Kier alpha value is -1.89. The lowest BCUT2D eigenvalue weighted by molar-refractivity contribution is -0.122. The molecule has 116 valence electrons. The molecule has 22 heavy (non-hydrogen) atoms. The molecule has 0 radical (unpaired) electrons. The fraction of sp³-hybridized carbons (Fsp3) is 0.467. The van der Waals surface area contributed by atoms with Crippen molar-refractivity contribution in [3.8, 4) is 0 Å². The summed E-state index contributed by atoms with van der Waals surface area (Å²) in [5.41, 5.74) is 1.12. The number of unbranched alkanes of at least 4 members (excludes halogenated alkanes) is 1. The van der Waals surface area contributed by atoms with Crippen LogP contribution in [0.2, 0.25) is 0 Å². The Morgan fingerprint density at radius 2 is 2.32 bits per heavy atom. The van der Waals surface area contributed by atoms with Gasteiger partial charge in [0.15, 0.2) is 5.82 Å². The molecule has 2 heterocycles. The maximum Gasteiger partial charge on any atom is 0.228 e. The Balaban J connectivity index is 1.61. The summed E-state index contributed by atoms with van der Waals surface area (Å²) in [4.78, 5) is 13.6. The number of aromatic nitrogens is 4. The van der Waals surface area contributed by atoms with E-state index in [9.17, 15) is 4.79 Å². The van der Waals surface area contributed by atoms with Gasteiger partial charge < -0.3 is 5.32 Å².